The Morgan fingerprint density at radius 1 is 1.56 bits per heavy atom. The topological polar surface area (TPSA) is 72.3 Å². The van der Waals surface area contributed by atoms with Gasteiger partial charge < -0.3 is 16.6 Å². The van der Waals surface area contributed by atoms with Gasteiger partial charge in [0.1, 0.15) is 6.10 Å². The molecule has 1 unspecified atom stereocenters. The third-order valence-electron chi connectivity index (χ3n) is 1.29. The Morgan fingerprint density at radius 2 is 2.22 bits per heavy atom. The van der Waals surface area contributed by atoms with Crippen molar-refractivity contribution < 1.29 is 5.11 Å². The lowest BCUT2D eigenvalue weighted by Crippen LogP contribution is -2.20. The second-order valence-corrected chi connectivity index (χ2v) is 2.09. The number of hydrogen-bond acceptors (Lipinski definition) is 3. The second kappa shape index (κ2) is 2.11. The van der Waals surface area contributed by atoms with Crippen molar-refractivity contribution in [3.63, 3.8) is 0 Å². The third-order valence-corrected chi connectivity index (χ3v) is 1.29. The van der Waals surface area contributed by atoms with E-state index in [1.807, 2.05) is 0 Å². The van der Waals surface area contributed by atoms with Crippen molar-refractivity contribution in [2.45, 2.75) is 12.5 Å². The van der Waals surface area contributed by atoms with Crippen LogP contribution in [0.5, 0.6) is 0 Å². The molecule has 0 aromatic rings. The van der Waals surface area contributed by atoms with Gasteiger partial charge in [0.05, 0.1) is 0 Å². The highest BCUT2D eigenvalue weighted by Crippen LogP contribution is 2.09. The monoisotopic (exact) mass is 126 g/mol. The molecule has 0 aromatic heterocycles. The second-order valence-electron chi connectivity index (χ2n) is 2.09. The Bertz CT molecular complexity index is 172. The van der Waals surface area contributed by atoms with Gasteiger partial charge in [0.25, 0.3) is 0 Å². The van der Waals surface area contributed by atoms with Gasteiger partial charge in [-0.25, -0.2) is 0 Å². The first-order chi connectivity index (χ1) is 4.20. The van der Waals surface area contributed by atoms with Gasteiger partial charge in [0.2, 0.25) is 0 Å². The van der Waals surface area contributed by atoms with E-state index in [2.05, 4.69) is 0 Å². The summed E-state index contributed by atoms with van der Waals surface area (Å²) in [7, 11) is 0. The lowest BCUT2D eigenvalue weighted by molar-refractivity contribution is 0.254. The van der Waals surface area contributed by atoms with E-state index in [0.717, 1.165) is 0 Å². The number of hydrogen-bond donors (Lipinski definition) is 3. The van der Waals surface area contributed by atoms with E-state index in [4.69, 9.17) is 16.6 Å². The van der Waals surface area contributed by atoms with Crippen LogP contribution in [0.1, 0.15) is 6.42 Å². The average molecular weight is 126 g/mol. The van der Waals surface area contributed by atoms with Gasteiger partial charge in [0.15, 0.2) is 0 Å². The number of aliphatic hydroxyl groups is 1. The summed E-state index contributed by atoms with van der Waals surface area (Å²) in [6.07, 6.45) is 3.26. The Balaban J connectivity index is 2.70. The van der Waals surface area contributed by atoms with Gasteiger partial charge >= 0.3 is 0 Å². The summed E-state index contributed by atoms with van der Waals surface area (Å²) in [6.45, 7) is 0. The Kier molecular flexibility index (Phi) is 1.44. The maximum Gasteiger partial charge on any atom is 0.113 e. The predicted octanol–water partition coefficient (Wildman–Crippen LogP) is -0.564. The molecule has 1 rings (SSSR count). The van der Waals surface area contributed by atoms with Crippen LogP contribution in [0.15, 0.2) is 23.5 Å². The number of allylic oxidation sites excluding steroid dienone is 1. The van der Waals surface area contributed by atoms with E-state index in [1.165, 1.54) is 0 Å². The largest absolute Gasteiger partial charge is 0.402 e. The van der Waals surface area contributed by atoms with E-state index >= 15 is 0 Å². The zero-order chi connectivity index (χ0) is 6.85. The molecule has 0 bridgehead atoms. The van der Waals surface area contributed by atoms with Crippen molar-refractivity contribution in [1.82, 2.24) is 0 Å². The van der Waals surface area contributed by atoms with E-state index in [-0.39, 0.29) is 0 Å². The first-order valence-corrected chi connectivity index (χ1v) is 2.80. The summed E-state index contributed by atoms with van der Waals surface area (Å²) in [4.78, 5) is 0. The lowest BCUT2D eigenvalue weighted by Gasteiger charge is -2.12. The van der Waals surface area contributed by atoms with Crippen LogP contribution >= 0.6 is 0 Å². The van der Waals surface area contributed by atoms with E-state index < -0.39 is 6.10 Å². The van der Waals surface area contributed by atoms with Gasteiger partial charge in [0, 0.05) is 17.8 Å². The zero-order valence-electron chi connectivity index (χ0n) is 5.04. The zero-order valence-corrected chi connectivity index (χ0v) is 5.04. The number of rotatable bonds is 0. The van der Waals surface area contributed by atoms with E-state index in [1.54, 1.807) is 12.2 Å². The Hall–Kier alpha value is -0.960. The van der Waals surface area contributed by atoms with Crippen LogP contribution in [-0.4, -0.2) is 11.2 Å². The van der Waals surface area contributed by atoms with Crippen molar-refractivity contribution in [2.24, 2.45) is 11.5 Å². The van der Waals surface area contributed by atoms with Crippen LogP contribution in [0.3, 0.4) is 0 Å². The van der Waals surface area contributed by atoms with Crippen molar-refractivity contribution in [1.29, 1.82) is 0 Å². The quantitative estimate of drug-likeness (QED) is 0.407. The fourth-order valence-electron chi connectivity index (χ4n) is 0.723. The molecule has 1 atom stereocenters. The van der Waals surface area contributed by atoms with Gasteiger partial charge in [-0.1, -0.05) is 6.08 Å². The van der Waals surface area contributed by atoms with Crippen LogP contribution in [0.2, 0.25) is 0 Å². The standard InChI is InChI=1S/C6H10N2O/c7-4-1-2-5(8)6(9)3-4/h2-3,6,9H,1,7-8H2. The van der Waals surface area contributed by atoms with Gasteiger partial charge in [-0.15, -0.1) is 0 Å². The molecule has 0 aliphatic heterocycles. The molecule has 0 radical (unpaired) electrons. The smallest absolute Gasteiger partial charge is 0.113 e. The molecule has 0 heterocycles. The fraction of sp³-hybridized carbons (Fsp3) is 0.333. The predicted molar refractivity (Wildman–Crippen MR) is 35.2 cm³/mol. The molecule has 1 aliphatic carbocycles. The normalized spacial score (nSPS) is 27.0. The summed E-state index contributed by atoms with van der Waals surface area (Å²) in [5.41, 5.74) is 11.9. The van der Waals surface area contributed by atoms with E-state index in [9.17, 15) is 0 Å². The summed E-state index contributed by atoms with van der Waals surface area (Å²) in [5, 5.41) is 9.00. The highest BCUT2D eigenvalue weighted by atomic mass is 16.3. The lowest BCUT2D eigenvalue weighted by atomic mass is 10.1. The van der Waals surface area contributed by atoms with Crippen LogP contribution in [0.25, 0.3) is 0 Å². The van der Waals surface area contributed by atoms with Crippen molar-refractivity contribution in [3.8, 4) is 0 Å². The summed E-state index contributed by atoms with van der Waals surface area (Å²) >= 11 is 0. The summed E-state index contributed by atoms with van der Waals surface area (Å²) in [6, 6.07) is 0. The van der Waals surface area contributed by atoms with Gasteiger partial charge in [-0.2, -0.15) is 0 Å². The molecule has 0 spiro atoms. The molecular weight excluding hydrogens is 116 g/mol. The maximum atomic E-state index is 9.00. The molecule has 3 nitrogen and oxygen atoms in total. The molecular formula is C6H10N2O. The van der Waals surface area contributed by atoms with Gasteiger partial charge in [-0.3, -0.25) is 0 Å². The van der Waals surface area contributed by atoms with Crippen LogP contribution < -0.4 is 11.5 Å². The van der Waals surface area contributed by atoms with Crippen LogP contribution in [0, 0.1) is 0 Å². The van der Waals surface area contributed by atoms with Crippen LogP contribution in [-0.2, 0) is 0 Å². The molecule has 5 N–H and O–H groups in total. The minimum atomic E-state index is -0.668. The third kappa shape index (κ3) is 1.23. The highest BCUT2D eigenvalue weighted by Gasteiger charge is 2.08. The fourth-order valence-corrected chi connectivity index (χ4v) is 0.723. The molecule has 1 aliphatic rings. The Morgan fingerprint density at radius 3 is 2.67 bits per heavy atom. The molecule has 3 heteroatoms. The summed E-state index contributed by atoms with van der Waals surface area (Å²) in [5.74, 6) is 0. The van der Waals surface area contributed by atoms with Crippen molar-refractivity contribution in [2.75, 3.05) is 0 Å². The first kappa shape index (κ1) is 6.16. The van der Waals surface area contributed by atoms with Crippen molar-refractivity contribution >= 4 is 0 Å². The average Bonchev–Trinajstić information content (AvgIpc) is 1.80. The first-order valence-electron chi connectivity index (χ1n) is 2.80. The molecule has 0 amide bonds. The van der Waals surface area contributed by atoms with Crippen LogP contribution in [0.4, 0.5) is 0 Å². The molecule has 50 valence electrons. The van der Waals surface area contributed by atoms with E-state index in [0.29, 0.717) is 17.8 Å². The molecule has 0 saturated carbocycles. The maximum absolute atomic E-state index is 9.00. The highest BCUT2D eigenvalue weighted by molar-refractivity contribution is 5.22. The number of aliphatic hydroxyl groups excluding tert-OH is 1. The van der Waals surface area contributed by atoms with Crippen molar-refractivity contribution in [3.05, 3.63) is 23.5 Å². The van der Waals surface area contributed by atoms with Gasteiger partial charge in [-0.05, 0) is 6.08 Å². The number of nitrogens with two attached hydrogens (primary N) is 2. The SMILES string of the molecule is NC1=CC(O)C(N)=CC1. The molecule has 0 saturated heterocycles. The minimum absolute atomic E-state index is 0.490. The summed E-state index contributed by atoms with van der Waals surface area (Å²) < 4.78 is 0. The molecule has 0 aromatic carbocycles. The molecule has 0 fully saturated rings. The molecule has 9 heavy (non-hydrogen) atoms. The Labute approximate surface area is 53.7 Å². The minimum Gasteiger partial charge on any atom is -0.402 e.